The Labute approximate surface area is 212 Å². The lowest BCUT2D eigenvalue weighted by Gasteiger charge is -2.24. The molecule has 4 aromatic rings. The number of carbonyl (C=O) groups excluding carboxylic acids is 1. The van der Waals surface area contributed by atoms with E-state index in [9.17, 15) is 4.79 Å². The van der Waals surface area contributed by atoms with Crippen molar-refractivity contribution >= 4 is 34.1 Å². The molecule has 1 aliphatic rings. The standard InChI is InChI=1S/C24H27N9O2S/c1-14(2)33-13-26-32-21(33)17-7-4-8-19(28-17)29-23(34)31-24-30-20-18(36-24)10-9-16(27-20)12-15-6-5-11-25-22(15)35-3/h4-8,11,13-14,16,27H,9-10,12H2,1-3H3,(H2,28,29,30,31,34). The number of anilines is 3. The van der Waals surface area contributed by atoms with E-state index in [1.807, 2.05) is 42.7 Å². The molecule has 0 radical (unpaired) electrons. The average Bonchev–Trinajstić information content (AvgIpc) is 3.51. The molecule has 0 fully saturated rings. The molecule has 0 aromatic carbocycles. The summed E-state index contributed by atoms with van der Waals surface area (Å²) >= 11 is 1.47. The number of nitrogens with one attached hydrogen (secondary N) is 3. The average molecular weight is 506 g/mol. The summed E-state index contributed by atoms with van der Waals surface area (Å²) in [4.78, 5) is 27.2. The second kappa shape index (κ2) is 10.3. The number of thiazole rings is 1. The van der Waals surface area contributed by atoms with E-state index in [1.54, 1.807) is 25.7 Å². The molecule has 186 valence electrons. The maximum atomic E-state index is 12.7. The fourth-order valence-electron chi connectivity index (χ4n) is 4.12. The minimum Gasteiger partial charge on any atom is -0.481 e. The van der Waals surface area contributed by atoms with Crippen LogP contribution in [0.3, 0.4) is 0 Å². The van der Waals surface area contributed by atoms with E-state index in [0.29, 0.717) is 28.3 Å². The summed E-state index contributed by atoms with van der Waals surface area (Å²) in [5.41, 5.74) is 1.68. The Balaban J connectivity index is 1.22. The molecular weight excluding hydrogens is 478 g/mol. The lowest BCUT2D eigenvalue weighted by Crippen LogP contribution is -2.27. The number of pyridine rings is 2. The summed E-state index contributed by atoms with van der Waals surface area (Å²) in [6.45, 7) is 4.09. The van der Waals surface area contributed by atoms with Crippen LogP contribution in [0.1, 0.15) is 36.8 Å². The number of hydrogen-bond acceptors (Lipinski definition) is 9. The Morgan fingerprint density at radius 1 is 1.25 bits per heavy atom. The summed E-state index contributed by atoms with van der Waals surface area (Å²) < 4.78 is 7.31. The van der Waals surface area contributed by atoms with Gasteiger partial charge in [-0.2, -0.15) is 0 Å². The van der Waals surface area contributed by atoms with Crippen molar-refractivity contribution in [3.05, 3.63) is 53.3 Å². The zero-order valence-electron chi connectivity index (χ0n) is 20.2. The topological polar surface area (TPSA) is 132 Å². The molecule has 4 aromatic heterocycles. The molecule has 0 bridgehead atoms. The van der Waals surface area contributed by atoms with Gasteiger partial charge in [-0.25, -0.2) is 19.7 Å². The molecule has 36 heavy (non-hydrogen) atoms. The molecule has 2 amide bonds. The number of aromatic nitrogens is 6. The first-order valence-corrected chi connectivity index (χ1v) is 12.5. The highest BCUT2D eigenvalue weighted by atomic mass is 32.1. The van der Waals surface area contributed by atoms with Gasteiger partial charge in [0.25, 0.3) is 0 Å². The van der Waals surface area contributed by atoms with E-state index in [4.69, 9.17) is 4.74 Å². The minimum absolute atomic E-state index is 0.187. The lowest BCUT2D eigenvalue weighted by molar-refractivity contribution is 0.262. The number of ether oxygens (including phenoxy) is 1. The van der Waals surface area contributed by atoms with Crippen LogP contribution in [-0.4, -0.2) is 48.9 Å². The molecule has 0 saturated heterocycles. The van der Waals surface area contributed by atoms with Crippen LogP contribution < -0.4 is 20.7 Å². The van der Waals surface area contributed by atoms with Crippen molar-refractivity contribution in [1.82, 2.24) is 29.7 Å². The molecule has 1 aliphatic heterocycles. The smallest absolute Gasteiger partial charge is 0.326 e. The number of aryl methyl sites for hydroxylation is 1. The first kappa shape index (κ1) is 23.7. The highest BCUT2D eigenvalue weighted by Crippen LogP contribution is 2.34. The van der Waals surface area contributed by atoms with Gasteiger partial charge in [-0.15, -0.1) is 10.2 Å². The first-order valence-electron chi connectivity index (χ1n) is 11.7. The minimum atomic E-state index is -0.410. The van der Waals surface area contributed by atoms with Crippen molar-refractivity contribution in [2.45, 2.75) is 45.2 Å². The van der Waals surface area contributed by atoms with Gasteiger partial charge in [0.2, 0.25) is 5.88 Å². The molecule has 5 rings (SSSR count). The highest BCUT2D eigenvalue weighted by Gasteiger charge is 2.24. The third-order valence-electron chi connectivity index (χ3n) is 5.84. The third kappa shape index (κ3) is 5.13. The van der Waals surface area contributed by atoms with E-state index in [2.05, 4.69) is 41.1 Å². The molecule has 1 atom stereocenters. The van der Waals surface area contributed by atoms with Crippen LogP contribution in [0.25, 0.3) is 11.5 Å². The second-order valence-electron chi connectivity index (χ2n) is 8.69. The van der Waals surface area contributed by atoms with Crippen LogP contribution in [0.5, 0.6) is 5.88 Å². The predicted molar refractivity (Wildman–Crippen MR) is 139 cm³/mol. The molecule has 3 N–H and O–H groups in total. The predicted octanol–water partition coefficient (Wildman–Crippen LogP) is 4.39. The van der Waals surface area contributed by atoms with Crippen molar-refractivity contribution in [3.8, 4) is 17.4 Å². The van der Waals surface area contributed by atoms with E-state index in [0.717, 1.165) is 35.5 Å². The summed E-state index contributed by atoms with van der Waals surface area (Å²) in [6.07, 6.45) is 6.02. The van der Waals surface area contributed by atoms with Gasteiger partial charge >= 0.3 is 6.03 Å². The Morgan fingerprint density at radius 2 is 2.14 bits per heavy atom. The van der Waals surface area contributed by atoms with Crippen LogP contribution in [0.2, 0.25) is 0 Å². The number of methoxy groups -OCH3 is 1. The first-order chi connectivity index (χ1) is 17.5. The van der Waals surface area contributed by atoms with Gasteiger partial charge in [0, 0.05) is 23.8 Å². The zero-order valence-corrected chi connectivity index (χ0v) is 21.0. The second-order valence-corrected chi connectivity index (χ2v) is 9.77. The molecule has 0 saturated carbocycles. The number of urea groups is 1. The number of rotatable bonds is 7. The number of nitrogens with zero attached hydrogens (tertiary/aromatic N) is 6. The Hall–Kier alpha value is -4.06. The fraction of sp³-hybridized carbons (Fsp3) is 0.333. The van der Waals surface area contributed by atoms with Crippen molar-refractivity contribution in [2.24, 2.45) is 0 Å². The quantitative estimate of drug-likeness (QED) is 0.337. The van der Waals surface area contributed by atoms with Crippen LogP contribution >= 0.6 is 11.3 Å². The number of fused-ring (bicyclic) bond motifs is 1. The van der Waals surface area contributed by atoms with Crippen molar-refractivity contribution in [2.75, 3.05) is 23.1 Å². The maximum absolute atomic E-state index is 12.7. The lowest BCUT2D eigenvalue weighted by atomic mass is 9.99. The monoisotopic (exact) mass is 505 g/mol. The van der Waals surface area contributed by atoms with Gasteiger partial charge in [-0.05, 0) is 51.3 Å². The summed E-state index contributed by atoms with van der Waals surface area (Å²) in [5.74, 6) is 2.51. The van der Waals surface area contributed by atoms with Crippen LogP contribution in [-0.2, 0) is 12.8 Å². The molecule has 12 heteroatoms. The van der Waals surface area contributed by atoms with Gasteiger partial charge in [-0.1, -0.05) is 23.5 Å². The number of hydrogen-bond donors (Lipinski definition) is 3. The number of amides is 2. The maximum Gasteiger partial charge on any atom is 0.326 e. The third-order valence-corrected chi connectivity index (χ3v) is 6.87. The molecular formula is C24H27N9O2S. The molecule has 0 aliphatic carbocycles. The van der Waals surface area contributed by atoms with Crippen LogP contribution in [0.4, 0.5) is 21.6 Å². The van der Waals surface area contributed by atoms with E-state index in [-0.39, 0.29) is 12.1 Å². The van der Waals surface area contributed by atoms with E-state index >= 15 is 0 Å². The van der Waals surface area contributed by atoms with Gasteiger partial charge in [0.05, 0.1) is 12.0 Å². The largest absolute Gasteiger partial charge is 0.481 e. The van der Waals surface area contributed by atoms with Crippen LogP contribution in [0.15, 0.2) is 42.9 Å². The van der Waals surface area contributed by atoms with Gasteiger partial charge < -0.3 is 14.6 Å². The molecule has 0 spiro atoms. The van der Waals surface area contributed by atoms with E-state index in [1.165, 1.54) is 11.3 Å². The van der Waals surface area contributed by atoms with Gasteiger partial charge in [0.15, 0.2) is 11.0 Å². The zero-order chi connectivity index (χ0) is 25.1. The summed E-state index contributed by atoms with van der Waals surface area (Å²) in [5, 5.41) is 17.8. The van der Waals surface area contributed by atoms with Gasteiger partial charge in [0.1, 0.15) is 23.7 Å². The highest BCUT2D eigenvalue weighted by molar-refractivity contribution is 7.16. The Morgan fingerprint density at radius 3 is 2.97 bits per heavy atom. The summed E-state index contributed by atoms with van der Waals surface area (Å²) in [7, 11) is 1.63. The molecule has 5 heterocycles. The number of carbonyl (C=O) groups is 1. The molecule has 1 unspecified atom stereocenters. The van der Waals surface area contributed by atoms with Gasteiger partial charge in [-0.3, -0.25) is 10.6 Å². The van der Waals surface area contributed by atoms with E-state index < -0.39 is 6.03 Å². The SMILES string of the molecule is COc1ncccc1CC1CCc2sc(NC(=O)Nc3cccc(-c4nncn4C(C)C)n3)nc2N1. The van der Waals surface area contributed by atoms with Crippen molar-refractivity contribution < 1.29 is 9.53 Å². The fourth-order valence-corrected chi connectivity index (χ4v) is 5.05. The van der Waals surface area contributed by atoms with Crippen molar-refractivity contribution in [3.63, 3.8) is 0 Å². The van der Waals surface area contributed by atoms with Crippen molar-refractivity contribution in [1.29, 1.82) is 0 Å². The Kier molecular flexibility index (Phi) is 6.76. The van der Waals surface area contributed by atoms with Crippen LogP contribution in [0, 0.1) is 0 Å². The summed E-state index contributed by atoms with van der Waals surface area (Å²) in [6, 6.07) is 9.31. The molecule has 11 nitrogen and oxygen atoms in total. The normalized spacial score (nSPS) is 14.7. The Bertz CT molecular complexity index is 1370.